The zero-order valence-corrected chi connectivity index (χ0v) is 11.7. The van der Waals surface area contributed by atoms with E-state index >= 15 is 0 Å². The molecule has 0 spiro atoms. The third-order valence-corrected chi connectivity index (χ3v) is 3.51. The van der Waals surface area contributed by atoms with Crippen molar-refractivity contribution in [2.75, 3.05) is 0 Å². The summed E-state index contributed by atoms with van der Waals surface area (Å²) in [5.41, 5.74) is 2.81. The number of hydrogen-bond acceptors (Lipinski definition) is 2. The van der Waals surface area contributed by atoms with Gasteiger partial charge in [-0.05, 0) is 42.2 Å². The second-order valence-corrected chi connectivity index (χ2v) is 5.02. The van der Waals surface area contributed by atoms with Gasteiger partial charge in [0.1, 0.15) is 5.82 Å². The van der Waals surface area contributed by atoms with Crippen LogP contribution in [0.3, 0.4) is 0 Å². The van der Waals surface area contributed by atoms with Crippen molar-refractivity contribution in [1.82, 2.24) is 9.78 Å². The summed E-state index contributed by atoms with van der Waals surface area (Å²) in [7, 11) is 1.63. The molecule has 0 aliphatic heterocycles. The Labute approximate surface area is 122 Å². The third-order valence-electron chi connectivity index (χ3n) is 3.51. The minimum Gasteiger partial charge on any atom is -0.267 e. The smallest absolute Gasteiger partial charge is 0.267 e. The zero-order chi connectivity index (χ0) is 14.8. The zero-order valence-electron chi connectivity index (χ0n) is 11.7. The second-order valence-electron chi connectivity index (χ2n) is 5.02. The predicted octanol–water partition coefficient (Wildman–Crippen LogP) is 3.32. The molecule has 1 heterocycles. The number of nitrogens with zero attached hydrogens (tertiary/aromatic N) is 2. The quantitative estimate of drug-likeness (QED) is 0.847. The Morgan fingerprint density at radius 1 is 1.19 bits per heavy atom. The molecule has 1 aromatic heterocycles. The summed E-state index contributed by atoms with van der Waals surface area (Å²) >= 11 is 0. The van der Waals surface area contributed by atoms with Crippen molar-refractivity contribution in [3.63, 3.8) is 0 Å². The lowest BCUT2D eigenvalue weighted by molar-refractivity contribution is 0.628. The summed E-state index contributed by atoms with van der Waals surface area (Å²) in [6.45, 7) is 0. The Morgan fingerprint density at radius 2 is 1.95 bits per heavy atom. The van der Waals surface area contributed by atoms with E-state index in [0.717, 1.165) is 24.1 Å². The largest absolute Gasteiger partial charge is 0.274 e. The fourth-order valence-corrected chi connectivity index (χ4v) is 2.39. The molecule has 3 nitrogen and oxygen atoms in total. The highest BCUT2D eigenvalue weighted by molar-refractivity contribution is 5.75. The molecule has 0 saturated carbocycles. The molecule has 3 rings (SSSR count). The molecule has 0 atom stereocenters. The molecule has 0 saturated heterocycles. The molecule has 106 valence electrons. The summed E-state index contributed by atoms with van der Waals surface area (Å²) in [5.74, 6) is -0.317. The van der Waals surface area contributed by atoms with Crippen LogP contribution in [0, 0.1) is 5.82 Å². The standard InChI is InChI=1S/C17H15FN2O/c1-20-17(21)15(12-7-9-14(18)10-8-12)11-16(19-20)13-5-3-2-4-6-13/h3,5-11H,2,4H2,1H3. The fraction of sp³-hybridized carbons (Fsp3) is 0.176. The van der Waals surface area contributed by atoms with Gasteiger partial charge in [0.2, 0.25) is 0 Å². The number of allylic oxidation sites excluding steroid dienone is 4. The maximum absolute atomic E-state index is 13.0. The third kappa shape index (κ3) is 2.70. The molecule has 2 aromatic rings. The Balaban J connectivity index is 2.14. The molecule has 0 bridgehead atoms. The molecular formula is C17H15FN2O. The number of hydrogen-bond donors (Lipinski definition) is 0. The average Bonchev–Trinajstić information content (AvgIpc) is 2.52. The molecule has 1 aromatic carbocycles. The Bertz CT molecular complexity index is 785. The molecule has 0 N–H and O–H groups in total. The first-order valence-corrected chi connectivity index (χ1v) is 6.86. The van der Waals surface area contributed by atoms with Crippen LogP contribution in [0.1, 0.15) is 18.5 Å². The van der Waals surface area contributed by atoms with Gasteiger partial charge in [-0.1, -0.05) is 30.4 Å². The molecule has 0 unspecified atom stereocenters. The Morgan fingerprint density at radius 3 is 2.62 bits per heavy atom. The van der Waals surface area contributed by atoms with Crippen LogP contribution in [0.5, 0.6) is 0 Å². The molecule has 0 amide bonds. The van der Waals surface area contributed by atoms with Gasteiger partial charge >= 0.3 is 0 Å². The van der Waals surface area contributed by atoms with Gasteiger partial charge in [0, 0.05) is 7.05 Å². The van der Waals surface area contributed by atoms with Crippen molar-refractivity contribution in [2.45, 2.75) is 12.8 Å². The molecule has 21 heavy (non-hydrogen) atoms. The van der Waals surface area contributed by atoms with Crippen LogP contribution < -0.4 is 5.56 Å². The maximum Gasteiger partial charge on any atom is 0.274 e. The monoisotopic (exact) mass is 282 g/mol. The molecule has 4 heteroatoms. The highest BCUT2D eigenvalue weighted by Crippen LogP contribution is 2.23. The van der Waals surface area contributed by atoms with E-state index in [1.807, 2.05) is 6.08 Å². The van der Waals surface area contributed by atoms with E-state index in [2.05, 4.69) is 17.3 Å². The second kappa shape index (κ2) is 5.48. The van der Waals surface area contributed by atoms with E-state index in [0.29, 0.717) is 11.1 Å². The average molecular weight is 282 g/mol. The van der Waals surface area contributed by atoms with Gasteiger partial charge in [-0.2, -0.15) is 5.10 Å². The summed E-state index contributed by atoms with van der Waals surface area (Å²) < 4.78 is 14.4. The van der Waals surface area contributed by atoms with E-state index in [-0.39, 0.29) is 11.4 Å². The van der Waals surface area contributed by atoms with Crippen molar-refractivity contribution >= 4 is 5.57 Å². The van der Waals surface area contributed by atoms with Gasteiger partial charge in [-0.15, -0.1) is 0 Å². The lowest BCUT2D eigenvalue weighted by Gasteiger charge is -2.10. The van der Waals surface area contributed by atoms with Crippen LogP contribution in [-0.2, 0) is 7.05 Å². The minimum atomic E-state index is -0.317. The number of halogens is 1. The topological polar surface area (TPSA) is 34.9 Å². The van der Waals surface area contributed by atoms with E-state index in [4.69, 9.17) is 0 Å². The lowest BCUT2D eigenvalue weighted by atomic mass is 10.0. The number of aryl methyl sites for hydroxylation is 1. The lowest BCUT2D eigenvalue weighted by Crippen LogP contribution is -2.22. The van der Waals surface area contributed by atoms with Gasteiger partial charge in [-0.25, -0.2) is 9.07 Å². The SMILES string of the molecule is Cn1nc(C2=CCCC=C2)cc(-c2ccc(F)cc2)c1=O. The Hall–Kier alpha value is -2.49. The van der Waals surface area contributed by atoms with Crippen LogP contribution in [0.25, 0.3) is 16.7 Å². The van der Waals surface area contributed by atoms with Crippen LogP contribution in [0.2, 0.25) is 0 Å². The Kier molecular flexibility index (Phi) is 3.52. The van der Waals surface area contributed by atoms with Gasteiger partial charge in [0.25, 0.3) is 5.56 Å². The first-order chi connectivity index (χ1) is 10.1. The van der Waals surface area contributed by atoms with Crippen molar-refractivity contribution in [3.05, 3.63) is 70.4 Å². The summed E-state index contributed by atoms with van der Waals surface area (Å²) in [4.78, 5) is 12.3. The molecule has 1 aliphatic carbocycles. The van der Waals surface area contributed by atoms with Crippen LogP contribution >= 0.6 is 0 Å². The highest BCUT2D eigenvalue weighted by Gasteiger charge is 2.11. The number of rotatable bonds is 2. The normalized spacial score (nSPS) is 14.1. The van der Waals surface area contributed by atoms with Crippen LogP contribution in [-0.4, -0.2) is 9.78 Å². The van der Waals surface area contributed by atoms with Gasteiger partial charge in [-0.3, -0.25) is 4.79 Å². The van der Waals surface area contributed by atoms with E-state index in [1.165, 1.54) is 16.8 Å². The van der Waals surface area contributed by atoms with Gasteiger partial charge < -0.3 is 0 Å². The van der Waals surface area contributed by atoms with E-state index in [9.17, 15) is 9.18 Å². The van der Waals surface area contributed by atoms with E-state index in [1.54, 1.807) is 25.2 Å². The predicted molar refractivity (Wildman–Crippen MR) is 81.2 cm³/mol. The van der Waals surface area contributed by atoms with Gasteiger partial charge in [0.05, 0.1) is 11.3 Å². The first-order valence-electron chi connectivity index (χ1n) is 6.86. The number of benzene rings is 1. The number of aromatic nitrogens is 2. The summed E-state index contributed by atoms with van der Waals surface area (Å²) in [6.07, 6.45) is 8.23. The van der Waals surface area contributed by atoms with Gasteiger partial charge in [0.15, 0.2) is 0 Å². The van der Waals surface area contributed by atoms with Crippen molar-refractivity contribution in [3.8, 4) is 11.1 Å². The van der Waals surface area contributed by atoms with Crippen molar-refractivity contribution < 1.29 is 4.39 Å². The van der Waals surface area contributed by atoms with Crippen molar-refractivity contribution in [1.29, 1.82) is 0 Å². The maximum atomic E-state index is 13.0. The molecule has 0 fully saturated rings. The molecular weight excluding hydrogens is 267 g/mol. The summed E-state index contributed by atoms with van der Waals surface area (Å²) in [6, 6.07) is 7.71. The molecule has 1 aliphatic rings. The first kappa shape index (κ1) is 13.5. The van der Waals surface area contributed by atoms with Crippen molar-refractivity contribution in [2.24, 2.45) is 7.05 Å². The highest BCUT2D eigenvalue weighted by atomic mass is 19.1. The van der Waals surface area contributed by atoms with E-state index < -0.39 is 0 Å². The summed E-state index contributed by atoms with van der Waals surface area (Å²) in [5, 5.41) is 4.31. The molecule has 0 radical (unpaired) electrons. The van der Waals surface area contributed by atoms with Crippen LogP contribution in [0.4, 0.5) is 4.39 Å². The van der Waals surface area contributed by atoms with Crippen LogP contribution in [0.15, 0.2) is 53.4 Å². The fourth-order valence-electron chi connectivity index (χ4n) is 2.39. The minimum absolute atomic E-state index is 0.189.